The van der Waals surface area contributed by atoms with Crippen LogP contribution < -0.4 is 5.73 Å². The first kappa shape index (κ1) is 10.8. The maximum atomic E-state index is 6.19. The molecule has 0 spiro atoms. The standard InChI is InChI=1S/C13H16BrNO/c14-12-7-10(13(15)4-5-13)1-2-11(12)9-3-6-16-8-9/h1-2,7,9H,3-6,8,15H2. The fourth-order valence-corrected chi connectivity index (χ4v) is 3.07. The summed E-state index contributed by atoms with van der Waals surface area (Å²) < 4.78 is 6.62. The summed E-state index contributed by atoms with van der Waals surface area (Å²) in [6.45, 7) is 1.74. The Hall–Kier alpha value is -0.380. The topological polar surface area (TPSA) is 35.2 Å². The van der Waals surface area contributed by atoms with Gasteiger partial charge in [-0.25, -0.2) is 0 Å². The fraction of sp³-hybridized carbons (Fsp3) is 0.538. The minimum absolute atomic E-state index is 0.0345. The molecule has 3 heteroatoms. The van der Waals surface area contributed by atoms with E-state index in [1.807, 2.05) is 0 Å². The molecule has 0 amide bonds. The summed E-state index contributed by atoms with van der Waals surface area (Å²) in [5.74, 6) is 0.552. The van der Waals surface area contributed by atoms with E-state index in [0.29, 0.717) is 5.92 Å². The van der Waals surface area contributed by atoms with Crippen LogP contribution >= 0.6 is 15.9 Å². The van der Waals surface area contributed by atoms with E-state index in [1.54, 1.807) is 0 Å². The van der Waals surface area contributed by atoms with Gasteiger partial charge in [-0.3, -0.25) is 0 Å². The minimum atomic E-state index is -0.0345. The van der Waals surface area contributed by atoms with Crippen LogP contribution in [-0.4, -0.2) is 13.2 Å². The SMILES string of the molecule is NC1(c2ccc(C3CCOC3)c(Br)c2)CC1. The second-order valence-electron chi connectivity index (χ2n) is 4.95. The number of hydrogen-bond donors (Lipinski definition) is 1. The summed E-state index contributed by atoms with van der Waals surface area (Å²) in [5, 5.41) is 0. The van der Waals surface area contributed by atoms with Gasteiger partial charge in [-0.15, -0.1) is 0 Å². The fourth-order valence-electron chi connectivity index (χ4n) is 2.37. The van der Waals surface area contributed by atoms with Gasteiger partial charge >= 0.3 is 0 Å². The third kappa shape index (κ3) is 1.81. The molecule has 86 valence electrons. The highest BCUT2D eigenvalue weighted by atomic mass is 79.9. The predicted octanol–water partition coefficient (Wildman–Crippen LogP) is 2.90. The van der Waals surface area contributed by atoms with Crippen molar-refractivity contribution in [1.82, 2.24) is 0 Å². The van der Waals surface area contributed by atoms with Crippen molar-refractivity contribution in [2.45, 2.75) is 30.7 Å². The van der Waals surface area contributed by atoms with E-state index in [1.165, 1.54) is 15.6 Å². The number of halogens is 1. The van der Waals surface area contributed by atoms with E-state index in [-0.39, 0.29) is 5.54 Å². The largest absolute Gasteiger partial charge is 0.381 e. The molecule has 1 atom stereocenters. The molecule has 2 aliphatic rings. The molecule has 0 radical (unpaired) electrons. The van der Waals surface area contributed by atoms with Crippen LogP contribution in [0.25, 0.3) is 0 Å². The molecule has 2 nitrogen and oxygen atoms in total. The minimum Gasteiger partial charge on any atom is -0.381 e. The van der Waals surface area contributed by atoms with Crippen molar-refractivity contribution in [3.05, 3.63) is 33.8 Å². The molecule has 1 aromatic carbocycles. The smallest absolute Gasteiger partial charge is 0.0535 e. The first-order valence-corrected chi connectivity index (χ1v) is 6.65. The normalized spacial score (nSPS) is 27.0. The van der Waals surface area contributed by atoms with Gasteiger partial charge in [-0.1, -0.05) is 28.1 Å². The molecule has 0 bridgehead atoms. The Kier molecular flexibility index (Phi) is 2.57. The van der Waals surface area contributed by atoms with Gasteiger partial charge in [0.25, 0.3) is 0 Å². The maximum absolute atomic E-state index is 6.19. The lowest BCUT2D eigenvalue weighted by Crippen LogP contribution is -2.18. The Morgan fingerprint density at radius 1 is 1.38 bits per heavy atom. The molecule has 1 saturated heterocycles. The van der Waals surface area contributed by atoms with Gasteiger partial charge in [0.2, 0.25) is 0 Å². The highest BCUT2D eigenvalue weighted by Crippen LogP contribution is 2.44. The monoisotopic (exact) mass is 281 g/mol. The lowest BCUT2D eigenvalue weighted by molar-refractivity contribution is 0.194. The Labute approximate surface area is 104 Å². The van der Waals surface area contributed by atoms with Crippen molar-refractivity contribution in [2.75, 3.05) is 13.2 Å². The second-order valence-corrected chi connectivity index (χ2v) is 5.81. The van der Waals surface area contributed by atoms with Crippen LogP contribution in [0.2, 0.25) is 0 Å². The number of nitrogens with two attached hydrogens (primary N) is 1. The Morgan fingerprint density at radius 2 is 2.19 bits per heavy atom. The molecule has 2 N–H and O–H groups in total. The van der Waals surface area contributed by atoms with Crippen LogP contribution in [0.15, 0.2) is 22.7 Å². The van der Waals surface area contributed by atoms with Crippen LogP contribution in [0.3, 0.4) is 0 Å². The van der Waals surface area contributed by atoms with Crippen molar-refractivity contribution in [1.29, 1.82) is 0 Å². The molecular formula is C13H16BrNO. The first-order chi connectivity index (χ1) is 7.69. The number of ether oxygens (including phenoxy) is 1. The number of benzene rings is 1. The van der Waals surface area contributed by atoms with Gasteiger partial charge in [-0.2, -0.15) is 0 Å². The van der Waals surface area contributed by atoms with Crippen molar-refractivity contribution < 1.29 is 4.74 Å². The summed E-state index contributed by atoms with van der Waals surface area (Å²) in [6, 6.07) is 6.60. The average Bonchev–Trinajstić information content (AvgIpc) is 2.82. The highest BCUT2D eigenvalue weighted by molar-refractivity contribution is 9.10. The van der Waals surface area contributed by atoms with E-state index in [2.05, 4.69) is 34.1 Å². The molecule has 0 aromatic heterocycles. The Balaban J connectivity index is 1.90. The van der Waals surface area contributed by atoms with Gasteiger partial charge in [-0.05, 0) is 36.5 Å². The Bertz CT molecular complexity index is 408. The summed E-state index contributed by atoms with van der Waals surface area (Å²) in [6.07, 6.45) is 3.36. The van der Waals surface area contributed by atoms with Gasteiger partial charge < -0.3 is 10.5 Å². The molecule has 1 unspecified atom stereocenters. The zero-order valence-corrected chi connectivity index (χ0v) is 10.8. The van der Waals surface area contributed by atoms with Gasteiger partial charge in [0.1, 0.15) is 0 Å². The van der Waals surface area contributed by atoms with E-state index in [4.69, 9.17) is 10.5 Å². The maximum Gasteiger partial charge on any atom is 0.0535 e. The van der Waals surface area contributed by atoms with Crippen molar-refractivity contribution in [2.24, 2.45) is 5.73 Å². The van der Waals surface area contributed by atoms with Crippen LogP contribution in [-0.2, 0) is 10.3 Å². The third-order valence-corrected chi connectivity index (χ3v) is 4.42. The van der Waals surface area contributed by atoms with Crippen LogP contribution in [0.5, 0.6) is 0 Å². The third-order valence-electron chi connectivity index (χ3n) is 3.73. The number of rotatable bonds is 2. The summed E-state index contributed by atoms with van der Waals surface area (Å²) in [5.41, 5.74) is 8.79. The molecule has 1 saturated carbocycles. The lowest BCUT2D eigenvalue weighted by atomic mass is 9.95. The Morgan fingerprint density at radius 3 is 2.75 bits per heavy atom. The summed E-state index contributed by atoms with van der Waals surface area (Å²) in [4.78, 5) is 0. The molecule has 1 aromatic rings. The van der Waals surface area contributed by atoms with Crippen LogP contribution in [0.1, 0.15) is 36.3 Å². The van der Waals surface area contributed by atoms with Gasteiger partial charge in [0.15, 0.2) is 0 Å². The highest BCUT2D eigenvalue weighted by Gasteiger charge is 2.40. The van der Waals surface area contributed by atoms with E-state index < -0.39 is 0 Å². The average molecular weight is 282 g/mol. The van der Waals surface area contributed by atoms with Crippen molar-refractivity contribution in [3.63, 3.8) is 0 Å². The van der Waals surface area contributed by atoms with Gasteiger partial charge in [0.05, 0.1) is 6.61 Å². The molecule has 3 rings (SSSR count). The van der Waals surface area contributed by atoms with E-state index in [9.17, 15) is 0 Å². The molecular weight excluding hydrogens is 266 g/mol. The van der Waals surface area contributed by atoms with Crippen molar-refractivity contribution >= 4 is 15.9 Å². The molecule has 16 heavy (non-hydrogen) atoms. The molecule has 1 heterocycles. The quantitative estimate of drug-likeness (QED) is 0.905. The van der Waals surface area contributed by atoms with Crippen molar-refractivity contribution in [3.8, 4) is 0 Å². The zero-order chi connectivity index (χ0) is 11.2. The lowest BCUT2D eigenvalue weighted by Gasteiger charge is -2.15. The molecule has 1 aliphatic heterocycles. The van der Waals surface area contributed by atoms with E-state index >= 15 is 0 Å². The van der Waals surface area contributed by atoms with E-state index in [0.717, 1.165) is 32.5 Å². The molecule has 1 aliphatic carbocycles. The molecule has 2 fully saturated rings. The first-order valence-electron chi connectivity index (χ1n) is 5.86. The predicted molar refractivity (Wildman–Crippen MR) is 67.4 cm³/mol. The second kappa shape index (κ2) is 3.83. The number of hydrogen-bond acceptors (Lipinski definition) is 2. The van der Waals surface area contributed by atoms with Crippen LogP contribution in [0, 0.1) is 0 Å². The summed E-state index contributed by atoms with van der Waals surface area (Å²) in [7, 11) is 0. The zero-order valence-electron chi connectivity index (χ0n) is 9.21. The van der Waals surface area contributed by atoms with Gasteiger partial charge in [0, 0.05) is 22.5 Å². The summed E-state index contributed by atoms with van der Waals surface area (Å²) >= 11 is 3.67. The van der Waals surface area contributed by atoms with Crippen LogP contribution in [0.4, 0.5) is 0 Å².